The first-order valence-electron chi connectivity index (χ1n) is 7.00. The van der Waals surface area contributed by atoms with Gasteiger partial charge in [0.15, 0.2) is 0 Å². The van der Waals surface area contributed by atoms with E-state index in [1.54, 1.807) is 28.6 Å². The Kier molecular flexibility index (Phi) is 4.03. The molecule has 0 radical (unpaired) electrons. The van der Waals surface area contributed by atoms with E-state index in [4.69, 9.17) is 5.26 Å². The first-order valence-corrected chi connectivity index (χ1v) is 7.82. The molecule has 0 N–H and O–H groups in total. The summed E-state index contributed by atoms with van der Waals surface area (Å²) in [5, 5.41) is 8.72. The number of rotatable bonds is 2. The minimum absolute atomic E-state index is 0.115. The van der Waals surface area contributed by atoms with E-state index >= 15 is 0 Å². The van der Waals surface area contributed by atoms with Crippen LogP contribution >= 0.6 is 11.8 Å². The summed E-state index contributed by atoms with van der Waals surface area (Å²) in [6.07, 6.45) is 0.328. The van der Waals surface area contributed by atoms with Gasteiger partial charge in [0.1, 0.15) is 0 Å². The highest BCUT2D eigenvalue weighted by atomic mass is 32.2. The molecule has 0 saturated carbocycles. The molecular formula is C17H15N3OS. The van der Waals surface area contributed by atoms with Crippen LogP contribution in [0, 0.1) is 11.3 Å². The summed E-state index contributed by atoms with van der Waals surface area (Å²) in [7, 11) is 1.73. The van der Waals surface area contributed by atoms with Gasteiger partial charge in [0.05, 0.1) is 23.9 Å². The van der Waals surface area contributed by atoms with Gasteiger partial charge in [-0.15, -0.1) is 0 Å². The van der Waals surface area contributed by atoms with Crippen molar-refractivity contribution in [2.45, 2.75) is 16.2 Å². The average molecular weight is 309 g/mol. The largest absolute Gasteiger partial charge is 0.328 e. The average Bonchev–Trinajstić information content (AvgIpc) is 2.56. The molecule has 0 bridgehead atoms. The Labute approximate surface area is 134 Å². The number of fused-ring (bicyclic) bond motifs is 2. The Bertz CT molecular complexity index is 708. The number of nitriles is 1. The third-order valence-electron chi connectivity index (χ3n) is 3.51. The fourth-order valence-corrected chi connectivity index (χ4v) is 3.45. The summed E-state index contributed by atoms with van der Waals surface area (Å²) < 4.78 is 0. The van der Waals surface area contributed by atoms with Crippen LogP contribution in [-0.2, 0) is 0 Å². The zero-order valence-electron chi connectivity index (χ0n) is 12.2. The van der Waals surface area contributed by atoms with Crippen molar-refractivity contribution < 1.29 is 4.79 Å². The summed E-state index contributed by atoms with van der Waals surface area (Å²) >= 11 is 1.67. The minimum atomic E-state index is -0.115. The van der Waals surface area contributed by atoms with E-state index in [9.17, 15) is 4.79 Å². The molecule has 0 aromatic heterocycles. The number of anilines is 2. The van der Waals surface area contributed by atoms with Gasteiger partial charge in [-0.1, -0.05) is 36.0 Å². The molecule has 1 heterocycles. The van der Waals surface area contributed by atoms with Crippen molar-refractivity contribution >= 4 is 29.2 Å². The molecule has 0 spiro atoms. The van der Waals surface area contributed by atoms with Crippen molar-refractivity contribution in [1.82, 2.24) is 4.90 Å². The summed E-state index contributed by atoms with van der Waals surface area (Å²) in [6, 6.07) is 17.7. The van der Waals surface area contributed by atoms with Crippen LogP contribution in [0.4, 0.5) is 16.2 Å². The van der Waals surface area contributed by atoms with Gasteiger partial charge >= 0.3 is 6.03 Å². The minimum Gasteiger partial charge on any atom is -0.326 e. The first kappa shape index (κ1) is 14.5. The van der Waals surface area contributed by atoms with Gasteiger partial charge in [-0.3, -0.25) is 4.90 Å². The SMILES string of the molecule is CN(CCC#N)C(=O)N1c2ccccc2Sc2ccccc21. The molecule has 1 aliphatic rings. The number of benzene rings is 2. The molecule has 0 unspecified atom stereocenters. The van der Waals surface area contributed by atoms with Crippen molar-refractivity contribution in [2.75, 3.05) is 18.5 Å². The van der Waals surface area contributed by atoms with Gasteiger partial charge in [-0.05, 0) is 24.3 Å². The van der Waals surface area contributed by atoms with E-state index in [-0.39, 0.29) is 6.03 Å². The fraction of sp³-hybridized carbons (Fsp3) is 0.176. The third kappa shape index (κ3) is 2.53. The molecule has 22 heavy (non-hydrogen) atoms. The zero-order chi connectivity index (χ0) is 15.5. The molecule has 3 rings (SSSR count). The molecule has 2 aromatic rings. The summed E-state index contributed by atoms with van der Waals surface area (Å²) in [6.45, 7) is 0.420. The summed E-state index contributed by atoms with van der Waals surface area (Å²) in [4.78, 5) is 18.3. The van der Waals surface area contributed by atoms with Crippen LogP contribution in [0.3, 0.4) is 0 Å². The molecule has 0 atom stereocenters. The molecule has 110 valence electrons. The van der Waals surface area contributed by atoms with Crippen molar-refractivity contribution in [3.63, 3.8) is 0 Å². The van der Waals surface area contributed by atoms with Crippen LogP contribution in [0.2, 0.25) is 0 Å². The maximum Gasteiger partial charge on any atom is 0.328 e. The molecule has 2 amide bonds. The molecule has 2 aromatic carbocycles. The van der Waals surface area contributed by atoms with Gasteiger partial charge in [0.25, 0.3) is 0 Å². The first-order chi connectivity index (χ1) is 10.7. The van der Waals surface area contributed by atoms with Crippen molar-refractivity contribution in [3.8, 4) is 6.07 Å². The number of amides is 2. The molecule has 4 nitrogen and oxygen atoms in total. The van der Waals surface area contributed by atoms with Gasteiger partial charge in [0.2, 0.25) is 0 Å². The van der Waals surface area contributed by atoms with E-state index in [1.165, 1.54) is 0 Å². The second kappa shape index (κ2) is 6.12. The molecule has 0 aliphatic carbocycles. The Balaban J connectivity index is 2.03. The Hall–Kier alpha value is -2.45. The quantitative estimate of drug-likeness (QED) is 0.833. The van der Waals surface area contributed by atoms with E-state index in [0.29, 0.717) is 13.0 Å². The highest BCUT2D eigenvalue weighted by Crippen LogP contribution is 2.48. The van der Waals surface area contributed by atoms with Crippen molar-refractivity contribution in [2.24, 2.45) is 0 Å². The number of carbonyl (C=O) groups is 1. The van der Waals surface area contributed by atoms with Crippen LogP contribution in [0.5, 0.6) is 0 Å². The lowest BCUT2D eigenvalue weighted by Gasteiger charge is -2.33. The maximum atomic E-state index is 12.9. The van der Waals surface area contributed by atoms with Gasteiger partial charge in [0, 0.05) is 23.4 Å². The lowest BCUT2D eigenvalue weighted by molar-refractivity contribution is 0.219. The molecule has 5 heteroatoms. The molecule has 0 fully saturated rings. The van der Waals surface area contributed by atoms with Gasteiger partial charge in [-0.2, -0.15) is 5.26 Å². The normalized spacial score (nSPS) is 12.1. The Morgan fingerprint density at radius 2 is 1.68 bits per heavy atom. The highest BCUT2D eigenvalue weighted by molar-refractivity contribution is 7.99. The van der Waals surface area contributed by atoms with Crippen LogP contribution in [0.15, 0.2) is 58.3 Å². The van der Waals surface area contributed by atoms with Gasteiger partial charge < -0.3 is 4.90 Å². The lowest BCUT2D eigenvalue weighted by atomic mass is 10.2. The zero-order valence-corrected chi connectivity index (χ0v) is 13.0. The number of hydrogen-bond acceptors (Lipinski definition) is 3. The number of urea groups is 1. The summed E-state index contributed by atoms with van der Waals surface area (Å²) in [5.41, 5.74) is 1.78. The topological polar surface area (TPSA) is 47.3 Å². The third-order valence-corrected chi connectivity index (χ3v) is 4.64. The molecule has 1 aliphatic heterocycles. The predicted octanol–water partition coefficient (Wildman–Crippen LogP) is 4.25. The standard InChI is InChI=1S/C17H15N3OS/c1-19(12-6-11-18)17(21)20-13-7-2-4-9-15(13)22-16-10-5-3-8-14(16)20/h2-5,7-10H,6,12H2,1H3. The van der Waals surface area contributed by atoms with Crippen LogP contribution in [-0.4, -0.2) is 24.5 Å². The smallest absolute Gasteiger partial charge is 0.326 e. The number of nitrogens with zero attached hydrogens (tertiary/aromatic N) is 3. The van der Waals surface area contributed by atoms with E-state index < -0.39 is 0 Å². The molecule has 0 saturated heterocycles. The number of hydrogen-bond donors (Lipinski definition) is 0. The summed E-state index contributed by atoms with van der Waals surface area (Å²) in [5.74, 6) is 0. The van der Waals surface area contributed by atoms with E-state index in [1.807, 2.05) is 48.5 Å². The molecular weight excluding hydrogens is 294 g/mol. The van der Waals surface area contributed by atoms with E-state index in [2.05, 4.69) is 6.07 Å². The van der Waals surface area contributed by atoms with Gasteiger partial charge in [-0.25, -0.2) is 4.79 Å². The van der Waals surface area contributed by atoms with Crippen LogP contribution < -0.4 is 4.90 Å². The Morgan fingerprint density at radius 1 is 1.14 bits per heavy atom. The van der Waals surface area contributed by atoms with Crippen molar-refractivity contribution in [1.29, 1.82) is 5.26 Å². The highest BCUT2D eigenvalue weighted by Gasteiger charge is 2.29. The lowest BCUT2D eigenvalue weighted by Crippen LogP contribution is -2.40. The number of carbonyl (C=O) groups excluding carboxylic acids is 1. The van der Waals surface area contributed by atoms with Crippen LogP contribution in [0.1, 0.15) is 6.42 Å². The maximum absolute atomic E-state index is 12.9. The van der Waals surface area contributed by atoms with Crippen molar-refractivity contribution in [3.05, 3.63) is 48.5 Å². The van der Waals surface area contributed by atoms with Crippen LogP contribution in [0.25, 0.3) is 0 Å². The monoisotopic (exact) mass is 309 g/mol. The Morgan fingerprint density at radius 3 is 2.23 bits per heavy atom. The number of para-hydroxylation sites is 2. The second-order valence-electron chi connectivity index (χ2n) is 4.99. The van der Waals surface area contributed by atoms with E-state index in [0.717, 1.165) is 21.2 Å². The predicted molar refractivity (Wildman–Crippen MR) is 87.4 cm³/mol. The second-order valence-corrected chi connectivity index (χ2v) is 6.07. The fourth-order valence-electron chi connectivity index (χ4n) is 2.39.